The Hall–Kier alpha value is -1.61. The molecule has 1 saturated heterocycles. The van der Waals surface area contributed by atoms with Gasteiger partial charge in [0, 0.05) is 18.0 Å². The molecule has 0 spiro atoms. The van der Waals surface area contributed by atoms with Crippen LogP contribution in [0.5, 0.6) is 0 Å². The number of rotatable bonds is 4. The van der Waals surface area contributed by atoms with Gasteiger partial charge in [-0.05, 0) is 30.9 Å². The van der Waals surface area contributed by atoms with E-state index in [9.17, 15) is 4.79 Å². The summed E-state index contributed by atoms with van der Waals surface area (Å²) in [6, 6.07) is 10.6. The summed E-state index contributed by atoms with van der Waals surface area (Å²) in [7, 11) is 0. The van der Waals surface area contributed by atoms with Crippen LogP contribution in [0.2, 0.25) is 0 Å². The number of piperidine rings is 1. The average Bonchev–Trinajstić information content (AvgIpc) is 2.86. The number of fused-ring (bicyclic) bond motifs is 1. The summed E-state index contributed by atoms with van der Waals surface area (Å²) < 4.78 is 4.96. The third-order valence-electron chi connectivity index (χ3n) is 4.33. The lowest BCUT2D eigenvalue weighted by atomic mass is 9.98. The van der Waals surface area contributed by atoms with Gasteiger partial charge < -0.3 is 10.1 Å². The Bertz CT molecular complexity index is 497. The lowest BCUT2D eigenvalue weighted by molar-refractivity contribution is -0.137. The fraction of sp³-hybridized carbons (Fsp3) is 0.438. The van der Waals surface area contributed by atoms with Crippen molar-refractivity contribution in [3.05, 3.63) is 48.0 Å². The second-order valence-electron chi connectivity index (χ2n) is 5.32. The van der Waals surface area contributed by atoms with Crippen molar-refractivity contribution in [2.45, 2.75) is 12.8 Å². The zero-order valence-corrected chi connectivity index (χ0v) is 11.1. The average molecular weight is 257 g/mol. The van der Waals surface area contributed by atoms with E-state index >= 15 is 0 Å². The highest BCUT2D eigenvalue weighted by Gasteiger charge is 2.65. The molecule has 3 unspecified atom stereocenters. The van der Waals surface area contributed by atoms with Gasteiger partial charge in [0.05, 0.1) is 6.61 Å². The quantitative estimate of drug-likeness (QED) is 0.663. The molecule has 2 aliphatic rings. The molecule has 1 heterocycles. The van der Waals surface area contributed by atoms with Crippen LogP contribution in [-0.2, 0) is 9.53 Å². The number of hydrogen-bond acceptors (Lipinski definition) is 3. The zero-order chi connectivity index (χ0) is 13.3. The van der Waals surface area contributed by atoms with Crippen molar-refractivity contribution in [3.8, 4) is 0 Å². The van der Waals surface area contributed by atoms with E-state index in [1.54, 1.807) is 6.08 Å². The van der Waals surface area contributed by atoms with Gasteiger partial charge in [-0.15, -0.1) is 0 Å². The summed E-state index contributed by atoms with van der Waals surface area (Å²) >= 11 is 0. The molecule has 3 atom stereocenters. The summed E-state index contributed by atoms with van der Waals surface area (Å²) in [6.45, 7) is 4.24. The van der Waals surface area contributed by atoms with Crippen LogP contribution < -0.4 is 5.32 Å². The molecule has 3 nitrogen and oxygen atoms in total. The Morgan fingerprint density at radius 2 is 2.26 bits per heavy atom. The maximum Gasteiger partial charge on any atom is 0.330 e. The fourth-order valence-corrected chi connectivity index (χ4v) is 3.44. The lowest BCUT2D eigenvalue weighted by Gasteiger charge is -2.11. The first kappa shape index (κ1) is 12.4. The highest BCUT2D eigenvalue weighted by molar-refractivity contribution is 5.82. The molecular formula is C16H19NO2. The molecule has 1 aliphatic heterocycles. The zero-order valence-electron chi connectivity index (χ0n) is 11.1. The third-order valence-corrected chi connectivity index (χ3v) is 4.33. The van der Waals surface area contributed by atoms with Crippen LogP contribution in [0.1, 0.15) is 18.4 Å². The smallest absolute Gasteiger partial charge is 0.330 e. The van der Waals surface area contributed by atoms with Crippen LogP contribution in [0, 0.1) is 11.3 Å². The standard InChI is InChI=1S/C16H19NO2/c1-2-19-14(18)8-9-16-11-17-10-13(16)15(16)12-6-4-3-5-7-12/h3-9,13,15,17H,2,10-11H2,1H3/b9-8+. The Morgan fingerprint density at radius 3 is 3.00 bits per heavy atom. The van der Waals surface area contributed by atoms with Crippen molar-refractivity contribution < 1.29 is 9.53 Å². The van der Waals surface area contributed by atoms with Crippen LogP contribution in [-0.4, -0.2) is 25.7 Å². The van der Waals surface area contributed by atoms with Gasteiger partial charge in [-0.2, -0.15) is 0 Å². The van der Waals surface area contributed by atoms with Crippen LogP contribution in [0.3, 0.4) is 0 Å². The topological polar surface area (TPSA) is 38.3 Å². The number of esters is 1. The number of carbonyl (C=O) groups is 1. The predicted molar refractivity (Wildman–Crippen MR) is 73.7 cm³/mol. The molecule has 3 heteroatoms. The van der Waals surface area contributed by atoms with E-state index in [0.29, 0.717) is 18.4 Å². The van der Waals surface area contributed by atoms with Crippen molar-refractivity contribution in [3.63, 3.8) is 0 Å². The molecule has 1 aromatic carbocycles. The molecule has 1 N–H and O–H groups in total. The van der Waals surface area contributed by atoms with E-state index < -0.39 is 0 Å². The summed E-state index contributed by atoms with van der Waals surface area (Å²) in [6.07, 6.45) is 3.67. The minimum absolute atomic E-state index is 0.119. The highest BCUT2D eigenvalue weighted by atomic mass is 16.5. The van der Waals surface area contributed by atoms with E-state index in [1.807, 2.05) is 13.0 Å². The first-order valence-electron chi connectivity index (χ1n) is 6.89. The fourth-order valence-electron chi connectivity index (χ4n) is 3.44. The SMILES string of the molecule is CCOC(=O)/C=C/C12CNCC1C2c1ccccc1. The summed E-state index contributed by atoms with van der Waals surface area (Å²) in [5, 5.41) is 3.41. The normalized spacial score (nSPS) is 32.3. The maximum absolute atomic E-state index is 11.5. The second-order valence-corrected chi connectivity index (χ2v) is 5.32. The molecule has 3 rings (SSSR count). The number of ether oxygens (including phenoxy) is 1. The van der Waals surface area contributed by atoms with Gasteiger partial charge in [0.15, 0.2) is 0 Å². The number of carbonyl (C=O) groups excluding carboxylic acids is 1. The Balaban J connectivity index is 1.77. The largest absolute Gasteiger partial charge is 0.463 e. The molecule has 0 amide bonds. The molecular weight excluding hydrogens is 238 g/mol. The molecule has 0 aromatic heterocycles. The van der Waals surface area contributed by atoms with Crippen LogP contribution in [0.25, 0.3) is 0 Å². The van der Waals surface area contributed by atoms with Crippen molar-refractivity contribution in [1.29, 1.82) is 0 Å². The minimum Gasteiger partial charge on any atom is -0.463 e. The lowest BCUT2D eigenvalue weighted by Crippen LogP contribution is -2.18. The Labute approximate surface area is 113 Å². The summed E-state index contributed by atoms with van der Waals surface area (Å²) in [5.74, 6) is 0.919. The van der Waals surface area contributed by atoms with E-state index in [0.717, 1.165) is 13.1 Å². The van der Waals surface area contributed by atoms with E-state index in [2.05, 4.69) is 35.7 Å². The third kappa shape index (κ3) is 2.08. The Morgan fingerprint density at radius 1 is 1.47 bits per heavy atom. The molecule has 2 fully saturated rings. The maximum atomic E-state index is 11.5. The van der Waals surface area contributed by atoms with Crippen LogP contribution in [0.15, 0.2) is 42.5 Å². The number of benzene rings is 1. The summed E-state index contributed by atoms with van der Waals surface area (Å²) in [4.78, 5) is 11.5. The molecule has 0 bridgehead atoms. The first-order chi connectivity index (χ1) is 9.28. The van der Waals surface area contributed by atoms with Gasteiger partial charge >= 0.3 is 5.97 Å². The minimum atomic E-state index is -0.235. The van der Waals surface area contributed by atoms with Gasteiger partial charge in [-0.3, -0.25) is 0 Å². The monoisotopic (exact) mass is 257 g/mol. The van der Waals surface area contributed by atoms with Gasteiger partial charge in [0.2, 0.25) is 0 Å². The molecule has 1 aliphatic carbocycles. The van der Waals surface area contributed by atoms with Crippen molar-refractivity contribution in [2.24, 2.45) is 11.3 Å². The molecule has 19 heavy (non-hydrogen) atoms. The van der Waals surface area contributed by atoms with Crippen LogP contribution in [0.4, 0.5) is 0 Å². The van der Waals surface area contributed by atoms with E-state index in [4.69, 9.17) is 4.74 Å². The van der Waals surface area contributed by atoms with E-state index in [-0.39, 0.29) is 11.4 Å². The molecule has 0 radical (unpaired) electrons. The highest BCUT2D eigenvalue weighted by Crippen LogP contribution is 2.67. The van der Waals surface area contributed by atoms with E-state index in [1.165, 1.54) is 5.56 Å². The van der Waals surface area contributed by atoms with Crippen LogP contribution >= 0.6 is 0 Å². The summed E-state index contributed by atoms with van der Waals surface area (Å²) in [5.41, 5.74) is 1.50. The van der Waals surface area contributed by atoms with Gasteiger partial charge in [0.25, 0.3) is 0 Å². The van der Waals surface area contributed by atoms with Gasteiger partial charge in [-0.1, -0.05) is 36.4 Å². The predicted octanol–water partition coefficient (Wildman–Crippen LogP) is 2.11. The Kier molecular flexibility index (Phi) is 3.15. The molecule has 1 saturated carbocycles. The van der Waals surface area contributed by atoms with Gasteiger partial charge in [-0.25, -0.2) is 4.79 Å². The van der Waals surface area contributed by atoms with Gasteiger partial charge in [0.1, 0.15) is 0 Å². The number of hydrogen-bond donors (Lipinski definition) is 1. The van der Waals surface area contributed by atoms with Crippen molar-refractivity contribution in [1.82, 2.24) is 5.32 Å². The number of nitrogens with one attached hydrogen (secondary N) is 1. The molecule has 1 aromatic rings. The molecule has 100 valence electrons. The van der Waals surface area contributed by atoms with Crippen molar-refractivity contribution >= 4 is 5.97 Å². The van der Waals surface area contributed by atoms with Crippen molar-refractivity contribution in [2.75, 3.05) is 19.7 Å². The second kappa shape index (κ2) is 4.82. The first-order valence-corrected chi connectivity index (χ1v) is 6.89.